The van der Waals surface area contributed by atoms with Gasteiger partial charge in [0.15, 0.2) is 0 Å². The summed E-state index contributed by atoms with van der Waals surface area (Å²) < 4.78 is 0. The van der Waals surface area contributed by atoms with Crippen LogP contribution in [0.5, 0.6) is 0 Å². The van der Waals surface area contributed by atoms with Crippen LogP contribution in [-0.4, -0.2) is 0 Å². The van der Waals surface area contributed by atoms with Gasteiger partial charge in [0, 0.05) is 0 Å². The Bertz CT molecular complexity index is 76.1. The largest absolute Gasteiger partial charge is 0.0654 e. The van der Waals surface area contributed by atoms with Crippen LogP contribution in [-0.2, 0) is 0 Å². The van der Waals surface area contributed by atoms with E-state index in [1.54, 1.807) is 0 Å². The van der Waals surface area contributed by atoms with E-state index in [4.69, 9.17) is 0 Å². The maximum atomic E-state index is 4.10. The quantitative estimate of drug-likeness (QED) is 0.542. The minimum absolute atomic E-state index is 0.682. The van der Waals surface area contributed by atoms with Crippen molar-refractivity contribution < 1.29 is 0 Å². The fourth-order valence-corrected chi connectivity index (χ4v) is 1.41. The highest BCUT2D eigenvalue weighted by Crippen LogP contribution is 2.18. The Morgan fingerprint density at radius 2 is 1.91 bits per heavy atom. The molecule has 1 radical (unpaired) electrons. The van der Waals surface area contributed by atoms with E-state index in [1.807, 2.05) is 0 Å². The lowest BCUT2D eigenvalue weighted by molar-refractivity contribution is 0.401. The maximum Gasteiger partial charge on any atom is -0.0414 e. The van der Waals surface area contributed by atoms with Gasteiger partial charge in [-0.25, -0.2) is 0 Å². The summed E-state index contributed by atoms with van der Waals surface area (Å²) in [6.45, 7) is 10.9. The Labute approximate surface area is 72.4 Å². The molecule has 0 nitrogen and oxygen atoms in total. The molecule has 0 aliphatic rings. The van der Waals surface area contributed by atoms with Gasteiger partial charge in [-0.2, -0.15) is 0 Å². The van der Waals surface area contributed by atoms with Crippen molar-refractivity contribution in [1.29, 1.82) is 0 Å². The van der Waals surface area contributed by atoms with Crippen LogP contribution in [0.25, 0.3) is 0 Å². The van der Waals surface area contributed by atoms with Crippen molar-refractivity contribution in [3.8, 4) is 0 Å². The van der Waals surface area contributed by atoms with Crippen molar-refractivity contribution in [1.82, 2.24) is 0 Å². The fraction of sp³-hybridized carbons (Fsp3) is 0.909. The second-order valence-corrected chi connectivity index (χ2v) is 3.76. The van der Waals surface area contributed by atoms with E-state index >= 15 is 0 Å². The molecule has 0 aromatic rings. The summed E-state index contributed by atoms with van der Waals surface area (Å²) in [5.41, 5.74) is 0. The lowest BCUT2D eigenvalue weighted by Crippen LogP contribution is -2.02. The summed E-state index contributed by atoms with van der Waals surface area (Å²) in [7, 11) is 0. The van der Waals surface area contributed by atoms with Gasteiger partial charge in [-0.05, 0) is 18.3 Å². The van der Waals surface area contributed by atoms with Gasteiger partial charge in [-0.15, -0.1) is 0 Å². The highest BCUT2D eigenvalue weighted by Gasteiger charge is 2.05. The van der Waals surface area contributed by atoms with E-state index in [0.29, 0.717) is 5.92 Å². The SMILES string of the molecule is [CH2]C(CC)CC(C)CCCC. The van der Waals surface area contributed by atoms with Crippen LogP contribution < -0.4 is 0 Å². The molecule has 0 rings (SSSR count). The minimum Gasteiger partial charge on any atom is -0.0654 e. The molecule has 0 aromatic heterocycles. The highest BCUT2D eigenvalue weighted by atomic mass is 14.1. The van der Waals surface area contributed by atoms with Crippen molar-refractivity contribution >= 4 is 0 Å². The molecule has 0 fully saturated rings. The third-order valence-corrected chi connectivity index (χ3v) is 2.36. The monoisotopic (exact) mass is 155 g/mol. The molecule has 0 saturated heterocycles. The molecule has 0 aromatic carbocycles. The first-order chi connectivity index (χ1) is 5.20. The normalized spacial score (nSPS) is 16.4. The lowest BCUT2D eigenvalue weighted by Gasteiger charge is -2.14. The third kappa shape index (κ3) is 6.40. The van der Waals surface area contributed by atoms with Crippen molar-refractivity contribution in [2.45, 2.75) is 52.9 Å². The first kappa shape index (κ1) is 11.0. The summed E-state index contributed by atoms with van der Waals surface area (Å²) in [6, 6.07) is 0. The topological polar surface area (TPSA) is 0 Å². The summed E-state index contributed by atoms with van der Waals surface area (Å²) in [5, 5.41) is 0. The molecule has 0 aliphatic heterocycles. The Morgan fingerprint density at radius 3 is 2.36 bits per heavy atom. The van der Waals surface area contributed by atoms with Crippen LogP contribution >= 0.6 is 0 Å². The van der Waals surface area contributed by atoms with Gasteiger partial charge in [0.25, 0.3) is 0 Å². The van der Waals surface area contributed by atoms with Crippen molar-refractivity contribution in [2.24, 2.45) is 11.8 Å². The maximum absolute atomic E-state index is 4.10. The highest BCUT2D eigenvalue weighted by molar-refractivity contribution is 4.63. The van der Waals surface area contributed by atoms with E-state index < -0.39 is 0 Å². The van der Waals surface area contributed by atoms with Crippen LogP contribution in [0, 0.1) is 18.8 Å². The van der Waals surface area contributed by atoms with Gasteiger partial charge >= 0.3 is 0 Å². The molecule has 0 bridgehead atoms. The summed E-state index contributed by atoms with van der Waals surface area (Å²) in [5.74, 6) is 1.57. The molecule has 0 amide bonds. The van der Waals surface area contributed by atoms with Crippen LogP contribution in [0.1, 0.15) is 52.9 Å². The van der Waals surface area contributed by atoms with Crippen LogP contribution in [0.15, 0.2) is 0 Å². The molecular weight excluding hydrogens is 132 g/mol. The van der Waals surface area contributed by atoms with E-state index in [-0.39, 0.29) is 0 Å². The number of unbranched alkanes of at least 4 members (excludes halogenated alkanes) is 1. The van der Waals surface area contributed by atoms with Gasteiger partial charge in [-0.1, -0.05) is 53.4 Å². The molecule has 11 heavy (non-hydrogen) atoms. The van der Waals surface area contributed by atoms with Gasteiger partial charge in [0.1, 0.15) is 0 Å². The first-order valence-corrected chi connectivity index (χ1v) is 5.03. The zero-order chi connectivity index (χ0) is 8.69. The van der Waals surface area contributed by atoms with E-state index in [2.05, 4.69) is 27.7 Å². The Morgan fingerprint density at radius 1 is 1.27 bits per heavy atom. The second-order valence-electron chi connectivity index (χ2n) is 3.76. The average molecular weight is 155 g/mol. The van der Waals surface area contributed by atoms with Crippen LogP contribution in [0.3, 0.4) is 0 Å². The molecule has 0 heteroatoms. The number of hydrogen-bond donors (Lipinski definition) is 0. The average Bonchev–Trinajstić information content (AvgIpc) is 2.00. The zero-order valence-electron chi connectivity index (χ0n) is 8.40. The standard InChI is InChI=1S/C11H23/c1-5-7-8-11(4)9-10(3)6-2/h10-11H,3,5-9H2,1-2,4H3. The number of hydrogen-bond acceptors (Lipinski definition) is 0. The third-order valence-electron chi connectivity index (χ3n) is 2.36. The summed E-state index contributed by atoms with van der Waals surface area (Å²) >= 11 is 0. The first-order valence-electron chi connectivity index (χ1n) is 5.03. The molecule has 0 aliphatic carbocycles. The smallest absolute Gasteiger partial charge is 0.0414 e. The Kier molecular flexibility index (Phi) is 6.69. The molecule has 2 atom stereocenters. The van der Waals surface area contributed by atoms with Gasteiger partial charge in [0.05, 0.1) is 0 Å². The molecule has 67 valence electrons. The van der Waals surface area contributed by atoms with Crippen molar-refractivity contribution in [3.05, 3.63) is 6.92 Å². The molecular formula is C11H23. The predicted molar refractivity (Wildman–Crippen MR) is 52.4 cm³/mol. The summed E-state index contributed by atoms with van der Waals surface area (Å²) in [6.07, 6.45) is 6.66. The molecule has 2 unspecified atom stereocenters. The van der Waals surface area contributed by atoms with E-state index in [9.17, 15) is 0 Å². The Hall–Kier alpha value is 0. The number of rotatable bonds is 6. The van der Waals surface area contributed by atoms with Crippen molar-refractivity contribution in [2.75, 3.05) is 0 Å². The molecule has 0 N–H and O–H groups in total. The van der Waals surface area contributed by atoms with Gasteiger partial charge < -0.3 is 0 Å². The van der Waals surface area contributed by atoms with Gasteiger partial charge in [-0.3, -0.25) is 0 Å². The van der Waals surface area contributed by atoms with Crippen molar-refractivity contribution in [3.63, 3.8) is 0 Å². The van der Waals surface area contributed by atoms with Gasteiger partial charge in [0.2, 0.25) is 0 Å². The predicted octanol–water partition coefficient (Wildman–Crippen LogP) is 4.06. The lowest BCUT2D eigenvalue weighted by atomic mass is 9.92. The summed E-state index contributed by atoms with van der Waals surface area (Å²) in [4.78, 5) is 0. The minimum atomic E-state index is 0.682. The van der Waals surface area contributed by atoms with E-state index in [1.165, 1.54) is 32.1 Å². The molecule has 0 saturated carbocycles. The van der Waals surface area contributed by atoms with Crippen LogP contribution in [0.2, 0.25) is 0 Å². The fourth-order valence-electron chi connectivity index (χ4n) is 1.41. The molecule has 0 heterocycles. The zero-order valence-corrected chi connectivity index (χ0v) is 8.40. The Balaban J connectivity index is 3.27. The van der Waals surface area contributed by atoms with E-state index in [0.717, 1.165) is 5.92 Å². The molecule has 0 spiro atoms. The second kappa shape index (κ2) is 6.69. The van der Waals surface area contributed by atoms with Crippen LogP contribution in [0.4, 0.5) is 0 Å².